The van der Waals surface area contributed by atoms with Gasteiger partial charge >= 0.3 is 0 Å². The van der Waals surface area contributed by atoms with Crippen LogP contribution in [0.25, 0.3) is 0 Å². The lowest BCUT2D eigenvalue weighted by atomic mass is 9.79. The molecule has 1 saturated carbocycles. The first-order valence-corrected chi connectivity index (χ1v) is 10.9. The minimum Gasteiger partial charge on any atom is -0.103 e. The first-order valence-electron chi connectivity index (χ1n) is 10.9. The summed E-state index contributed by atoms with van der Waals surface area (Å²) < 4.78 is 0. The zero-order valence-corrected chi connectivity index (χ0v) is 17.4. The molecule has 0 bridgehead atoms. The molecular formula is C28H32. The van der Waals surface area contributed by atoms with Crippen LogP contribution in [0.2, 0.25) is 0 Å². The van der Waals surface area contributed by atoms with Crippen LogP contribution in [0.15, 0.2) is 48.5 Å². The van der Waals surface area contributed by atoms with Gasteiger partial charge in [0.15, 0.2) is 0 Å². The van der Waals surface area contributed by atoms with Gasteiger partial charge in [-0.1, -0.05) is 75.1 Å². The van der Waals surface area contributed by atoms with Gasteiger partial charge in [0.2, 0.25) is 0 Å². The molecule has 0 radical (unpaired) electrons. The molecule has 0 heteroatoms. The molecule has 0 heterocycles. The maximum absolute atomic E-state index is 3.31. The van der Waals surface area contributed by atoms with Gasteiger partial charge in [0, 0.05) is 24.0 Å². The fourth-order valence-corrected chi connectivity index (χ4v) is 3.80. The number of rotatable bonds is 4. The van der Waals surface area contributed by atoms with E-state index < -0.39 is 0 Å². The zero-order chi connectivity index (χ0) is 19.6. The van der Waals surface area contributed by atoms with Crippen molar-refractivity contribution < 1.29 is 0 Å². The Morgan fingerprint density at radius 3 is 2.00 bits per heavy atom. The average Bonchev–Trinajstić information content (AvgIpc) is 2.74. The lowest BCUT2D eigenvalue weighted by molar-refractivity contribution is 0.348. The van der Waals surface area contributed by atoms with Crippen LogP contribution in [-0.4, -0.2) is 0 Å². The molecule has 28 heavy (non-hydrogen) atoms. The minimum absolute atomic E-state index is 0.746. The second-order valence-corrected chi connectivity index (χ2v) is 8.16. The van der Waals surface area contributed by atoms with Crippen molar-refractivity contribution in [2.45, 2.75) is 71.1 Å². The summed E-state index contributed by atoms with van der Waals surface area (Å²) in [6.07, 6.45) is 9.66. The van der Waals surface area contributed by atoms with Crippen LogP contribution in [-0.2, 0) is 6.42 Å². The highest BCUT2D eigenvalue weighted by molar-refractivity contribution is 5.44. The van der Waals surface area contributed by atoms with E-state index in [9.17, 15) is 0 Å². The number of benzene rings is 2. The summed E-state index contributed by atoms with van der Waals surface area (Å²) in [5, 5.41) is 0. The molecule has 2 aromatic rings. The van der Waals surface area contributed by atoms with Crippen LogP contribution in [0.1, 0.15) is 87.0 Å². The molecule has 1 aliphatic carbocycles. The first-order chi connectivity index (χ1) is 13.7. The zero-order valence-electron chi connectivity index (χ0n) is 17.4. The predicted molar refractivity (Wildman–Crippen MR) is 120 cm³/mol. The summed E-state index contributed by atoms with van der Waals surface area (Å²) >= 11 is 0. The van der Waals surface area contributed by atoms with E-state index in [4.69, 9.17) is 0 Å². The Kier molecular flexibility index (Phi) is 7.82. The highest BCUT2D eigenvalue weighted by Crippen LogP contribution is 2.35. The van der Waals surface area contributed by atoms with Gasteiger partial charge in [0.05, 0.1) is 0 Å². The summed E-state index contributed by atoms with van der Waals surface area (Å²) in [4.78, 5) is 0. The monoisotopic (exact) mass is 368 g/mol. The van der Waals surface area contributed by atoms with E-state index in [-0.39, 0.29) is 0 Å². The van der Waals surface area contributed by atoms with Crippen molar-refractivity contribution in [2.75, 3.05) is 0 Å². The molecule has 1 fully saturated rings. The van der Waals surface area contributed by atoms with Crippen LogP contribution in [0.3, 0.4) is 0 Å². The van der Waals surface area contributed by atoms with Gasteiger partial charge in [-0.25, -0.2) is 0 Å². The van der Waals surface area contributed by atoms with Gasteiger partial charge in [-0.3, -0.25) is 0 Å². The van der Waals surface area contributed by atoms with E-state index >= 15 is 0 Å². The van der Waals surface area contributed by atoms with Crippen LogP contribution in [0, 0.1) is 29.6 Å². The Morgan fingerprint density at radius 1 is 0.786 bits per heavy atom. The summed E-state index contributed by atoms with van der Waals surface area (Å²) in [5.41, 5.74) is 4.91. The normalized spacial score (nSPS) is 18.5. The highest BCUT2D eigenvalue weighted by atomic mass is 14.2. The van der Waals surface area contributed by atoms with Gasteiger partial charge in [-0.05, 0) is 66.5 Å². The standard InChI is InChI=1S/C28H32/c1-3-4-5-6-7-8-24-11-13-25(14-12-24)15-16-26-17-21-28(22-18-26)27-19-9-23(2)10-20-27/h11-14,17-18,21-23,27H,3-5,8-10,19-20H2,1-2H3. The quantitative estimate of drug-likeness (QED) is 0.398. The minimum atomic E-state index is 0.746. The fourth-order valence-electron chi connectivity index (χ4n) is 3.80. The molecule has 1 aliphatic rings. The molecule has 0 spiro atoms. The van der Waals surface area contributed by atoms with Crippen molar-refractivity contribution in [1.82, 2.24) is 0 Å². The third kappa shape index (κ3) is 6.32. The van der Waals surface area contributed by atoms with Gasteiger partial charge in [0.25, 0.3) is 0 Å². The van der Waals surface area contributed by atoms with Crippen LogP contribution < -0.4 is 0 Å². The molecule has 0 unspecified atom stereocenters. The molecule has 0 aliphatic heterocycles. The molecular weight excluding hydrogens is 336 g/mol. The van der Waals surface area contributed by atoms with Crippen molar-refractivity contribution in [3.05, 3.63) is 70.8 Å². The summed E-state index contributed by atoms with van der Waals surface area (Å²) in [6.45, 7) is 4.58. The second kappa shape index (κ2) is 10.8. The molecule has 0 atom stereocenters. The fraction of sp³-hybridized carbons (Fsp3) is 0.429. The van der Waals surface area contributed by atoms with E-state index in [1.165, 1.54) is 49.7 Å². The van der Waals surface area contributed by atoms with E-state index in [1.807, 2.05) is 0 Å². The van der Waals surface area contributed by atoms with Crippen molar-refractivity contribution >= 4 is 0 Å². The van der Waals surface area contributed by atoms with Crippen LogP contribution >= 0.6 is 0 Å². The number of hydrogen-bond donors (Lipinski definition) is 0. The molecule has 3 rings (SSSR count). The second-order valence-electron chi connectivity index (χ2n) is 8.16. The van der Waals surface area contributed by atoms with Crippen molar-refractivity contribution in [3.63, 3.8) is 0 Å². The molecule has 144 valence electrons. The summed E-state index contributed by atoms with van der Waals surface area (Å²) in [5.74, 6) is 14.8. The van der Waals surface area contributed by atoms with Gasteiger partial charge in [-0.2, -0.15) is 0 Å². The maximum Gasteiger partial charge on any atom is 0.0340 e. The molecule has 0 amide bonds. The van der Waals surface area contributed by atoms with Gasteiger partial charge in [-0.15, -0.1) is 5.92 Å². The molecule has 0 nitrogen and oxygen atoms in total. The largest absolute Gasteiger partial charge is 0.103 e. The Hall–Kier alpha value is -2.44. The topological polar surface area (TPSA) is 0 Å². The third-order valence-corrected chi connectivity index (χ3v) is 5.78. The molecule has 0 N–H and O–H groups in total. The number of hydrogen-bond acceptors (Lipinski definition) is 0. The number of unbranched alkanes of at least 4 members (excludes halogenated alkanes) is 2. The smallest absolute Gasteiger partial charge is 0.0340 e. The Morgan fingerprint density at radius 2 is 1.39 bits per heavy atom. The van der Waals surface area contributed by atoms with E-state index in [0.717, 1.165) is 35.8 Å². The van der Waals surface area contributed by atoms with Crippen molar-refractivity contribution in [2.24, 2.45) is 5.92 Å². The Labute approximate surface area is 171 Å². The van der Waals surface area contributed by atoms with E-state index in [2.05, 4.69) is 86.1 Å². The van der Waals surface area contributed by atoms with Crippen LogP contribution in [0.5, 0.6) is 0 Å². The highest BCUT2D eigenvalue weighted by Gasteiger charge is 2.19. The lowest BCUT2D eigenvalue weighted by Crippen LogP contribution is -2.10. The summed E-state index contributed by atoms with van der Waals surface area (Å²) in [6, 6.07) is 17.4. The van der Waals surface area contributed by atoms with Crippen LogP contribution in [0.4, 0.5) is 0 Å². The first kappa shape index (κ1) is 20.3. The SMILES string of the molecule is CCCCC#CCc1ccc(C#Cc2ccc(C3CCC(C)CC3)cc2)cc1. The van der Waals surface area contributed by atoms with E-state index in [1.54, 1.807) is 0 Å². The predicted octanol–water partition coefficient (Wildman–Crippen LogP) is 7.12. The van der Waals surface area contributed by atoms with Crippen molar-refractivity contribution in [1.29, 1.82) is 0 Å². The molecule has 0 aromatic heterocycles. The maximum atomic E-state index is 3.31. The Bertz CT molecular complexity index is 839. The lowest BCUT2D eigenvalue weighted by Gasteiger charge is -2.26. The van der Waals surface area contributed by atoms with Gasteiger partial charge < -0.3 is 0 Å². The summed E-state index contributed by atoms with van der Waals surface area (Å²) in [7, 11) is 0. The van der Waals surface area contributed by atoms with Crippen molar-refractivity contribution in [3.8, 4) is 23.7 Å². The molecule has 0 saturated heterocycles. The third-order valence-electron chi connectivity index (χ3n) is 5.78. The van der Waals surface area contributed by atoms with Gasteiger partial charge in [0.1, 0.15) is 0 Å². The van der Waals surface area contributed by atoms with E-state index in [0.29, 0.717) is 0 Å². The molecule has 2 aromatic carbocycles. The average molecular weight is 369 g/mol. The Balaban J connectivity index is 1.55.